The van der Waals surface area contributed by atoms with Crippen LogP contribution in [0.5, 0.6) is 11.5 Å². The SMILES string of the molecule is COc1ccc(COc2ccc(C(C(O)C(F)F)n3cnnn3)nc2)cc1. The molecule has 0 aliphatic carbocycles. The number of aliphatic hydroxyl groups is 1. The van der Waals surface area contributed by atoms with Gasteiger partial charge in [0.05, 0.1) is 19.0 Å². The van der Waals surface area contributed by atoms with Crippen molar-refractivity contribution < 1.29 is 23.4 Å². The van der Waals surface area contributed by atoms with E-state index in [1.165, 1.54) is 12.3 Å². The van der Waals surface area contributed by atoms with E-state index in [1.54, 1.807) is 13.2 Å². The number of nitrogens with zero attached hydrogens (tertiary/aromatic N) is 5. The van der Waals surface area contributed by atoms with Crippen LogP contribution in [0, 0.1) is 0 Å². The molecule has 0 fully saturated rings. The van der Waals surface area contributed by atoms with Crippen molar-refractivity contribution in [1.29, 1.82) is 0 Å². The van der Waals surface area contributed by atoms with Crippen LogP contribution in [-0.4, -0.2) is 49.9 Å². The number of ether oxygens (including phenoxy) is 2. The lowest BCUT2D eigenvalue weighted by molar-refractivity contribution is -0.0292. The second kappa shape index (κ2) is 8.49. The minimum atomic E-state index is -2.98. The Bertz CT molecular complexity index is 829. The van der Waals surface area contributed by atoms with Crippen molar-refractivity contribution in [3.8, 4) is 11.5 Å². The Labute approximate surface area is 153 Å². The number of halogens is 2. The lowest BCUT2D eigenvalue weighted by atomic mass is 10.1. The lowest BCUT2D eigenvalue weighted by Gasteiger charge is -2.21. The first-order chi connectivity index (χ1) is 13.1. The molecular formula is C17H17F2N5O3. The molecule has 27 heavy (non-hydrogen) atoms. The summed E-state index contributed by atoms with van der Waals surface area (Å²) >= 11 is 0. The third kappa shape index (κ3) is 4.53. The van der Waals surface area contributed by atoms with Crippen LogP contribution in [0.3, 0.4) is 0 Å². The van der Waals surface area contributed by atoms with Gasteiger partial charge in [-0.25, -0.2) is 13.5 Å². The zero-order valence-corrected chi connectivity index (χ0v) is 14.3. The number of alkyl halides is 2. The van der Waals surface area contributed by atoms with Crippen molar-refractivity contribution in [2.75, 3.05) is 7.11 Å². The zero-order chi connectivity index (χ0) is 19.2. The van der Waals surface area contributed by atoms with Crippen LogP contribution in [0.25, 0.3) is 0 Å². The molecule has 2 heterocycles. The second-order valence-corrected chi connectivity index (χ2v) is 5.62. The molecule has 0 saturated heterocycles. The van der Waals surface area contributed by atoms with Gasteiger partial charge in [-0.05, 0) is 40.3 Å². The number of rotatable bonds is 8. The number of pyridine rings is 1. The molecule has 142 valence electrons. The maximum Gasteiger partial charge on any atom is 0.266 e. The van der Waals surface area contributed by atoms with Crippen molar-refractivity contribution in [2.24, 2.45) is 0 Å². The van der Waals surface area contributed by atoms with Crippen molar-refractivity contribution in [3.63, 3.8) is 0 Å². The van der Waals surface area contributed by atoms with Crippen LogP contribution in [0.15, 0.2) is 48.9 Å². The number of aliphatic hydroxyl groups excluding tert-OH is 1. The van der Waals surface area contributed by atoms with Crippen molar-refractivity contribution >= 4 is 0 Å². The minimum Gasteiger partial charge on any atom is -0.497 e. The Morgan fingerprint density at radius 2 is 1.85 bits per heavy atom. The predicted octanol–water partition coefficient (Wildman–Crippen LogP) is 1.87. The number of methoxy groups -OCH3 is 1. The predicted molar refractivity (Wildman–Crippen MR) is 89.5 cm³/mol. The summed E-state index contributed by atoms with van der Waals surface area (Å²) in [4.78, 5) is 4.12. The lowest BCUT2D eigenvalue weighted by Crippen LogP contribution is -2.32. The van der Waals surface area contributed by atoms with Crippen LogP contribution >= 0.6 is 0 Å². The molecule has 10 heteroatoms. The third-order valence-electron chi connectivity index (χ3n) is 3.86. The fraction of sp³-hybridized carbons (Fsp3) is 0.294. The molecule has 1 N–H and O–H groups in total. The summed E-state index contributed by atoms with van der Waals surface area (Å²) in [6.07, 6.45) is -2.44. The molecule has 0 spiro atoms. The summed E-state index contributed by atoms with van der Waals surface area (Å²) in [5, 5.41) is 20.3. The normalized spacial score (nSPS) is 13.4. The summed E-state index contributed by atoms with van der Waals surface area (Å²) in [6, 6.07) is 9.24. The summed E-state index contributed by atoms with van der Waals surface area (Å²) in [7, 11) is 1.59. The summed E-state index contributed by atoms with van der Waals surface area (Å²) < 4.78 is 37.8. The molecule has 0 radical (unpaired) electrons. The van der Waals surface area contributed by atoms with E-state index in [9.17, 15) is 13.9 Å². The number of tetrazole rings is 1. The molecule has 1 aromatic carbocycles. The first-order valence-electron chi connectivity index (χ1n) is 7.99. The first kappa shape index (κ1) is 18.6. The van der Waals surface area contributed by atoms with Crippen LogP contribution in [-0.2, 0) is 6.61 Å². The highest BCUT2D eigenvalue weighted by Gasteiger charge is 2.32. The highest BCUT2D eigenvalue weighted by Crippen LogP contribution is 2.25. The van der Waals surface area contributed by atoms with Gasteiger partial charge in [0.15, 0.2) is 0 Å². The van der Waals surface area contributed by atoms with E-state index >= 15 is 0 Å². The highest BCUT2D eigenvalue weighted by atomic mass is 19.3. The van der Waals surface area contributed by atoms with E-state index < -0.39 is 18.6 Å². The maximum atomic E-state index is 13.0. The van der Waals surface area contributed by atoms with Crippen molar-refractivity contribution in [1.82, 2.24) is 25.2 Å². The fourth-order valence-electron chi connectivity index (χ4n) is 2.44. The van der Waals surface area contributed by atoms with Gasteiger partial charge in [0.25, 0.3) is 6.43 Å². The molecule has 0 aliphatic rings. The van der Waals surface area contributed by atoms with Gasteiger partial charge in [-0.15, -0.1) is 5.10 Å². The van der Waals surface area contributed by atoms with E-state index in [0.717, 1.165) is 22.3 Å². The van der Waals surface area contributed by atoms with Crippen LogP contribution in [0.2, 0.25) is 0 Å². The van der Waals surface area contributed by atoms with Gasteiger partial charge in [0, 0.05) is 0 Å². The molecule has 2 atom stereocenters. The van der Waals surface area contributed by atoms with Gasteiger partial charge in [-0.2, -0.15) is 0 Å². The van der Waals surface area contributed by atoms with Crippen molar-refractivity contribution in [3.05, 3.63) is 60.2 Å². The second-order valence-electron chi connectivity index (χ2n) is 5.62. The summed E-state index contributed by atoms with van der Waals surface area (Å²) in [5.74, 6) is 1.20. The Balaban J connectivity index is 1.70. The average Bonchev–Trinajstić information content (AvgIpc) is 3.22. The topological polar surface area (TPSA) is 95.2 Å². The first-order valence-corrected chi connectivity index (χ1v) is 7.99. The third-order valence-corrected chi connectivity index (χ3v) is 3.86. The highest BCUT2D eigenvalue weighted by molar-refractivity contribution is 5.28. The van der Waals surface area contributed by atoms with Gasteiger partial charge in [-0.3, -0.25) is 4.98 Å². The number of benzene rings is 1. The van der Waals surface area contributed by atoms with E-state index in [0.29, 0.717) is 12.4 Å². The molecule has 8 nitrogen and oxygen atoms in total. The Morgan fingerprint density at radius 1 is 1.11 bits per heavy atom. The van der Waals surface area contributed by atoms with Gasteiger partial charge < -0.3 is 14.6 Å². The van der Waals surface area contributed by atoms with Gasteiger partial charge in [0.1, 0.15) is 36.6 Å². The van der Waals surface area contributed by atoms with E-state index in [4.69, 9.17) is 9.47 Å². The summed E-state index contributed by atoms with van der Waals surface area (Å²) in [5.41, 5.74) is 1.12. The molecule has 0 aliphatic heterocycles. The van der Waals surface area contributed by atoms with Gasteiger partial charge >= 0.3 is 0 Å². The largest absolute Gasteiger partial charge is 0.497 e. The average molecular weight is 377 g/mol. The van der Waals surface area contributed by atoms with Crippen LogP contribution < -0.4 is 9.47 Å². The monoisotopic (exact) mass is 377 g/mol. The smallest absolute Gasteiger partial charge is 0.266 e. The molecular weight excluding hydrogens is 360 g/mol. The maximum absolute atomic E-state index is 13.0. The van der Waals surface area contributed by atoms with Gasteiger partial charge in [0.2, 0.25) is 0 Å². The Morgan fingerprint density at radius 3 is 2.41 bits per heavy atom. The van der Waals surface area contributed by atoms with Crippen LogP contribution in [0.1, 0.15) is 17.3 Å². The van der Waals surface area contributed by atoms with E-state index in [-0.39, 0.29) is 5.69 Å². The Hall–Kier alpha value is -3.14. The summed E-state index contributed by atoms with van der Waals surface area (Å²) in [6.45, 7) is 0.307. The molecule has 0 bridgehead atoms. The number of aromatic nitrogens is 5. The molecule has 3 rings (SSSR count). The molecule has 3 aromatic rings. The van der Waals surface area contributed by atoms with E-state index in [2.05, 4.69) is 20.5 Å². The number of hydrogen-bond donors (Lipinski definition) is 1. The van der Waals surface area contributed by atoms with E-state index in [1.807, 2.05) is 24.3 Å². The van der Waals surface area contributed by atoms with Crippen molar-refractivity contribution in [2.45, 2.75) is 25.2 Å². The molecule has 0 saturated carbocycles. The standard InChI is InChI=1S/C17H17F2N5O3/c1-26-12-4-2-11(3-5-12)9-27-13-6-7-14(20-8-13)15(16(25)17(18)19)24-10-21-22-23-24/h2-8,10,15-17,25H,9H2,1H3. The number of hydrogen-bond acceptors (Lipinski definition) is 7. The molecule has 2 unspecified atom stereocenters. The van der Waals surface area contributed by atoms with Gasteiger partial charge in [-0.1, -0.05) is 12.1 Å². The fourth-order valence-corrected chi connectivity index (χ4v) is 2.44. The molecule has 2 aromatic heterocycles. The quantitative estimate of drug-likeness (QED) is 0.640. The zero-order valence-electron chi connectivity index (χ0n) is 14.3. The Kier molecular flexibility index (Phi) is 5.87. The molecule has 0 amide bonds. The van der Waals surface area contributed by atoms with Crippen LogP contribution in [0.4, 0.5) is 8.78 Å². The minimum absolute atomic E-state index is 0.187.